The second-order valence-electron chi connectivity index (χ2n) is 4.85. The van der Waals surface area contributed by atoms with Gasteiger partial charge in [-0.15, -0.1) is 11.8 Å². The van der Waals surface area contributed by atoms with Crippen molar-refractivity contribution >= 4 is 11.8 Å². The van der Waals surface area contributed by atoms with Crippen LogP contribution in [0.2, 0.25) is 0 Å². The van der Waals surface area contributed by atoms with Crippen molar-refractivity contribution in [2.45, 2.75) is 44.0 Å². The van der Waals surface area contributed by atoms with Gasteiger partial charge >= 0.3 is 0 Å². The first-order valence-corrected chi connectivity index (χ1v) is 7.80. The molecule has 1 aromatic carbocycles. The maximum Gasteiger partial charge on any atom is 0.0216 e. The highest BCUT2D eigenvalue weighted by atomic mass is 32.2. The van der Waals surface area contributed by atoms with Gasteiger partial charge in [-0.25, -0.2) is 0 Å². The van der Waals surface area contributed by atoms with Gasteiger partial charge < -0.3 is 5.32 Å². The summed E-state index contributed by atoms with van der Waals surface area (Å²) in [5.74, 6) is 2.27. The normalized spacial score (nSPS) is 16.5. The molecule has 1 saturated carbocycles. The lowest BCUT2D eigenvalue weighted by atomic mass is 10.1. The van der Waals surface area contributed by atoms with Crippen LogP contribution in [0.15, 0.2) is 29.2 Å². The van der Waals surface area contributed by atoms with E-state index in [1.54, 1.807) is 0 Å². The van der Waals surface area contributed by atoms with Crippen LogP contribution in [0.4, 0.5) is 0 Å². The van der Waals surface area contributed by atoms with Gasteiger partial charge in [-0.1, -0.05) is 38.0 Å². The van der Waals surface area contributed by atoms with E-state index in [-0.39, 0.29) is 0 Å². The van der Waals surface area contributed by atoms with Gasteiger partial charge in [-0.3, -0.25) is 0 Å². The molecule has 94 valence electrons. The predicted molar refractivity (Wildman–Crippen MR) is 76.5 cm³/mol. The lowest BCUT2D eigenvalue weighted by molar-refractivity contribution is 0.623. The monoisotopic (exact) mass is 249 g/mol. The van der Waals surface area contributed by atoms with E-state index in [1.807, 2.05) is 0 Å². The van der Waals surface area contributed by atoms with E-state index in [9.17, 15) is 0 Å². The average Bonchev–Trinajstić information content (AvgIpc) is 2.88. The Kier molecular flexibility index (Phi) is 5.40. The molecule has 1 nitrogen and oxygen atoms in total. The van der Waals surface area contributed by atoms with Crippen molar-refractivity contribution in [2.75, 3.05) is 12.3 Å². The summed E-state index contributed by atoms with van der Waals surface area (Å²) >= 11 is 2.05. The van der Waals surface area contributed by atoms with E-state index in [2.05, 4.69) is 48.3 Å². The summed E-state index contributed by atoms with van der Waals surface area (Å²) in [6.07, 6.45) is 5.79. The molecule has 1 fully saturated rings. The number of nitrogens with one attached hydrogen (secondary N) is 1. The molecule has 0 saturated heterocycles. The van der Waals surface area contributed by atoms with Gasteiger partial charge in [-0.2, -0.15) is 0 Å². The van der Waals surface area contributed by atoms with Crippen molar-refractivity contribution in [2.24, 2.45) is 5.92 Å². The highest BCUT2D eigenvalue weighted by Crippen LogP contribution is 2.32. The largest absolute Gasteiger partial charge is 0.313 e. The minimum absolute atomic E-state index is 0.965. The van der Waals surface area contributed by atoms with Crippen molar-refractivity contribution in [3.8, 4) is 0 Å². The molecular weight excluding hydrogens is 226 g/mol. The minimum atomic E-state index is 0.965. The molecule has 1 aliphatic carbocycles. The zero-order valence-corrected chi connectivity index (χ0v) is 11.6. The molecule has 1 N–H and O–H groups in total. The van der Waals surface area contributed by atoms with Crippen molar-refractivity contribution in [3.05, 3.63) is 29.8 Å². The molecule has 2 rings (SSSR count). The van der Waals surface area contributed by atoms with Crippen LogP contribution in [0.25, 0.3) is 0 Å². The van der Waals surface area contributed by atoms with Crippen molar-refractivity contribution < 1.29 is 0 Å². The molecule has 0 atom stereocenters. The second-order valence-corrected chi connectivity index (χ2v) is 5.91. The zero-order chi connectivity index (χ0) is 11.9. The van der Waals surface area contributed by atoms with Crippen LogP contribution < -0.4 is 5.32 Å². The Balaban J connectivity index is 1.89. The molecule has 0 amide bonds. The van der Waals surface area contributed by atoms with Crippen molar-refractivity contribution in [1.29, 1.82) is 0 Å². The van der Waals surface area contributed by atoms with Crippen LogP contribution in [0.3, 0.4) is 0 Å². The number of rotatable bonds is 6. The standard InChI is InChI=1S/C15H23NS/c1-2-16-11-14-9-5-6-10-15(14)17-12-13-7-3-4-8-13/h5-6,9-10,13,16H,2-4,7-8,11-12H2,1H3. The topological polar surface area (TPSA) is 12.0 Å². The smallest absolute Gasteiger partial charge is 0.0216 e. The van der Waals surface area contributed by atoms with Crippen LogP contribution in [0.5, 0.6) is 0 Å². The molecule has 1 aromatic rings. The number of thioether (sulfide) groups is 1. The second kappa shape index (κ2) is 7.07. The van der Waals surface area contributed by atoms with Crippen LogP contribution in [-0.4, -0.2) is 12.3 Å². The molecule has 2 heteroatoms. The highest BCUT2D eigenvalue weighted by Gasteiger charge is 2.15. The van der Waals surface area contributed by atoms with Gasteiger partial charge in [0.05, 0.1) is 0 Å². The van der Waals surface area contributed by atoms with E-state index in [1.165, 1.54) is 41.9 Å². The fourth-order valence-electron chi connectivity index (χ4n) is 2.44. The van der Waals surface area contributed by atoms with Crippen LogP contribution in [-0.2, 0) is 6.54 Å². The third-order valence-electron chi connectivity index (χ3n) is 3.49. The molecule has 0 heterocycles. The highest BCUT2D eigenvalue weighted by molar-refractivity contribution is 7.99. The van der Waals surface area contributed by atoms with E-state index in [4.69, 9.17) is 0 Å². The SMILES string of the molecule is CCNCc1ccccc1SCC1CCCC1. The summed E-state index contributed by atoms with van der Waals surface area (Å²) in [6, 6.07) is 8.82. The van der Waals surface area contributed by atoms with Gasteiger partial charge in [0.2, 0.25) is 0 Å². The van der Waals surface area contributed by atoms with Crippen molar-refractivity contribution in [3.63, 3.8) is 0 Å². The van der Waals surface area contributed by atoms with Crippen LogP contribution >= 0.6 is 11.8 Å². The number of hydrogen-bond donors (Lipinski definition) is 1. The Labute approximate surface area is 109 Å². The molecule has 0 aliphatic heterocycles. The first kappa shape index (κ1) is 13.0. The summed E-state index contributed by atoms with van der Waals surface area (Å²) in [4.78, 5) is 1.47. The fraction of sp³-hybridized carbons (Fsp3) is 0.600. The molecular formula is C15H23NS. The average molecular weight is 249 g/mol. The lowest BCUT2D eigenvalue weighted by Crippen LogP contribution is -2.12. The van der Waals surface area contributed by atoms with E-state index in [0.717, 1.165) is 19.0 Å². The first-order valence-electron chi connectivity index (χ1n) is 6.81. The Morgan fingerprint density at radius 3 is 2.76 bits per heavy atom. The van der Waals surface area contributed by atoms with Gasteiger partial charge in [0, 0.05) is 17.2 Å². The Morgan fingerprint density at radius 1 is 1.24 bits per heavy atom. The van der Waals surface area contributed by atoms with Gasteiger partial charge in [0.15, 0.2) is 0 Å². The molecule has 0 aromatic heterocycles. The summed E-state index contributed by atoms with van der Waals surface area (Å²) in [5, 5.41) is 3.42. The summed E-state index contributed by atoms with van der Waals surface area (Å²) in [5.41, 5.74) is 1.46. The molecule has 17 heavy (non-hydrogen) atoms. The van der Waals surface area contributed by atoms with Crippen molar-refractivity contribution in [1.82, 2.24) is 5.32 Å². The maximum atomic E-state index is 3.42. The quantitative estimate of drug-likeness (QED) is 0.762. The van der Waals surface area contributed by atoms with Gasteiger partial charge in [0.25, 0.3) is 0 Å². The van der Waals surface area contributed by atoms with Crippen LogP contribution in [0.1, 0.15) is 38.2 Å². The summed E-state index contributed by atoms with van der Waals surface area (Å²) in [6.45, 7) is 4.21. The Bertz CT molecular complexity index is 331. The minimum Gasteiger partial charge on any atom is -0.313 e. The Hall–Kier alpha value is -0.470. The van der Waals surface area contributed by atoms with E-state index < -0.39 is 0 Å². The van der Waals surface area contributed by atoms with Gasteiger partial charge in [-0.05, 0) is 36.9 Å². The van der Waals surface area contributed by atoms with Crippen LogP contribution in [0, 0.1) is 5.92 Å². The zero-order valence-electron chi connectivity index (χ0n) is 10.7. The molecule has 0 radical (unpaired) electrons. The number of hydrogen-bond acceptors (Lipinski definition) is 2. The molecule has 1 aliphatic rings. The molecule has 0 unspecified atom stereocenters. The molecule has 0 bridgehead atoms. The summed E-state index contributed by atoms with van der Waals surface area (Å²) in [7, 11) is 0. The predicted octanol–water partition coefficient (Wildman–Crippen LogP) is 4.08. The third-order valence-corrected chi connectivity index (χ3v) is 4.83. The van der Waals surface area contributed by atoms with E-state index >= 15 is 0 Å². The lowest BCUT2D eigenvalue weighted by Gasteiger charge is -2.12. The fourth-order valence-corrected chi connectivity index (χ4v) is 3.68. The first-order chi connectivity index (χ1) is 8.40. The third kappa shape index (κ3) is 4.04. The maximum absolute atomic E-state index is 3.42. The van der Waals surface area contributed by atoms with Gasteiger partial charge in [0.1, 0.15) is 0 Å². The summed E-state index contributed by atoms with van der Waals surface area (Å²) < 4.78 is 0. The van der Waals surface area contributed by atoms with E-state index in [0.29, 0.717) is 0 Å². The molecule has 0 spiro atoms. The Morgan fingerprint density at radius 2 is 2.00 bits per heavy atom. The number of benzene rings is 1.